The van der Waals surface area contributed by atoms with E-state index in [2.05, 4.69) is 11.6 Å². The Labute approximate surface area is 141 Å². The van der Waals surface area contributed by atoms with Gasteiger partial charge in [0.2, 0.25) is 0 Å². The lowest BCUT2D eigenvalue weighted by atomic mass is 10.0. The van der Waals surface area contributed by atoms with E-state index < -0.39 is 0 Å². The summed E-state index contributed by atoms with van der Waals surface area (Å²) in [5, 5.41) is 0.723. The molecular formula is C19H20ClNO2. The smallest absolute Gasteiger partial charge is 0.185 e. The van der Waals surface area contributed by atoms with Crippen LogP contribution in [0.4, 0.5) is 0 Å². The van der Waals surface area contributed by atoms with Gasteiger partial charge in [0.25, 0.3) is 0 Å². The molecule has 0 aliphatic carbocycles. The van der Waals surface area contributed by atoms with Gasteiger partial charge in [-0.3, -0.25) is 4.98 Å². The van der Waals surface area contributed by atoms with Crippen LogP contribution in [0.3, 0.4) is 0 Å². The Morgan fingerprint density at radius 3 is 2.48 bits per heavy atom. The lowest BCUT2D eigenvalue weighted by Gasteiger charge is -2.29. The lowest BCUT2D eigenvalue weighted by molar-refractivity contribution is -0.205. The maximum atomic E-state index is 5.91. The average Bonchev–Trinajstić information content (AvgIpc) is 2.61. The Hall–Kier alpha value is -1.68. The van der Waals surface area contributed by atoms with E-state index in [-0.39, 0.29) is 6.29 Å². The molecule has 0 bridgehead atoms. The minimum Gasteiger partial charge on any atom is -0.348 e. The summed E-state index contributed by atoms with van der Waals surface area (Å²) in [5.41, 5.74) is 2.89. The summed E-state index contributed by atoms with van der Waals surface area (Å²) in [6, 6.07) is 11.6. The fourth-order valence-corrected chi connectivity index (χ4v) is 2.72. The maximum absolute atomic E-state index is 5.91. The number of pyridine rings is 1. The van der Waals surface area contributed by atoms with E-state index in [1.165, 1.54) is 0 Å². The van der Waals surface area contributed by atoms with Crippen molar-refractivity contribution in [1.82, 2.24) is 4.98 Å². The molecule has 2 heterocycles. The van der Waals surface area contributed by atoms with Crippen LogP contribution in [0.25, 0.3) is 11.3 Å². The summed E-state index contributed by atoms with van der Waals surface area (Å²) in [5.74, 6) is 0.450. The molecular weight excluding hydrogens is 310 g/mol. The van der Waals surface area contributed by atoms with Crippen molar-refractivity contribution in [1.29, 1.82) is 0 Å². The van der Waals surface area contributed by atoms with Crippen molar-refractivity contribution >= 4 is 11.6 Å². The molecule has 1 aromatic heterocycles. The number of rotatable bonds is 5. The van der Waals surface area contributed by atoms with E-state index in [0.717, 1.165) is 47.9 Å². The van der Waals surface area contributed by atoms with Crippen LogP contribution in [-0.4, -0.2) is 18.2 Å². The Balaban J connectivity index is 1.62. The third kappa shape index (κ3) is 4.20. The topological polar surface area (TPSA) is 31.4 Å². The highest BCUT2D eigenvalue weighted by molar-refractivity contribution is 6.30. The van der Waals surface area contributed by atoms with E-state index in [0.29, 0.717) is 5.92 Å². The van der Waals surface area contributed by atoms with Crippen LogP contribution in [0.15, 0.2) is 55.3 Å². The maximum Gasteiger partial charge on any atom is 0.185 e. The highest BCUT2D eigenvalue weighted by Gasteiger charge is 2.23. The molecule has 0 amide bonds. The van der Waals surface area contributed by atoms with Gasteiger partial charge in [-0.25, -0.2) is 0 Å². The van der Waals surface area contributed by atoms with Gasteiger partial charge >= 0.3 is 0 Å². The molecule has 0 radical (unpaired) electrons. The van der Waals surface area contributed by atoms with E-state index in [1.807, 2.05) is 48.7 Å². The van der Waals surface area contributed by atoms with E-state index in [4.69, 9.17) is 21.1 Å². The number of ether oxygens (including phenoxy) is 2. The predicted octanol–water partition coefficient (Wildman–Crippen LogP) is 5.03. The zero-order chi connectivity index (χ0) is 16.1. The summed E-state index contributed by atoms with van der Waals surface area (Å²) >= 11 is 5.91. The highest BCUT2D eigenvalue weighted by Crippen LogP contribution is 2.28. The van der Waals surface area contributed by atoms with Crippen LogP contribution < -0.4 is 0 Å². The van der Waals surface area contributed by atoms with Crippen LogP contribution in [0, 0.1) is 5.92 Å². The van der Waals surface area contributed by atoms with Crippen LogP contribution in [-0.2, 0) is 9.47 Å². The molecule has 1 aliphatic heterocycles. The molecule has 1 aliphatic rings. The number of aromatic nitrogens is 1. The molecule has 0 unspecified atom stereocenters. The number of allylic oxidation sites excluding steroid dienone is 1. The van der Waals surface area contributed by atoms with Crippen LogP contribution >= 0.6 is 11.6 Å². The summed E-state index contributed by atoms with van der Waals surface area (Å²) in [4.78, 5) is 4.51. The zero-order valence-electron chi connectivity index (χ0n) is 13.0. The molecule has 1 saturated heterocycles. The molecule has 0 spiro atoms. The molecule has 0 atom stereocenters. The Kier molecular flexibility index (Phi) is 5.44. The molecule has 2 aromatic rings. The first-order chi connectivity index (χ1) is 11.3. The molecule has 3 nitrogen and oxygen atoms in total. The van der Waals surface area contributed by atoms with Gasteiger partial charge in [0.15, 0.2) is 6.29 Å². The minimum absolute atomic E-state index is 0.318. The largest absolute Gasteiger partial charge is 0.348 e. The lowest BCUT2D eigenvalue weighted by Crippen LogP contribution is -2.27. The van der Waals surface area contributed by atoms with Gasteiger partial charge in [0.05, 0.1) is 18.9 Å². The summed E-state index contributed by atoms with van der Waals surface area (Å²) in [6.45, 7) is 5.19. The van der Waals surface area contributed by atoms with E-state index in [1.54, 1.807) is 0 Å². The number of benzene rings is 1. The molecule has 4 heteroatoms. The second-order valence-corrected chi connectivity index (χ2v) is 6.15. The van der Waals surface area contributed by atoms with Crippen molar-refractivity contribution in [2.24, 2.45) is 5.92 Å². The first-order valence-electron chi connectivity index (χ1n) is 7.82. The number of halogens is 1. The van der Waals surface area contributed by atoms with Crippen molar-refractivity contribution in [3.8, 4) is 11.3 Å². The summed E-state index contributed by atoms with van der Waals surface area (Å²) in [7, 11) is 0. The Bertz CT molecular complexity index is 631. The Morgan fingerprint density at radius 2 is 1.87 bits per heavy atom. The normalized spacial score (nSPS) is 21.1. The molecule has 3 rings (SSSR count). The van der Waals surface area contributed by atoms with Gasteiger partial charge in [-0.2, -0.15) is 0 Å². The van der Waals surface area contributed by atoms with E-state index >= 15 is 0 Å². The monoisotopic (exact) mass is 329 g/mol. The predicted molar refractivity (Wildman–Crippen MR) is 92.2 cm³/mol. The third-order valence-corrected chi connectivity index (χ3v) is 4.20. The van der Waals surface area contributed by atoms with Crippen molar-refractivity contribution in [3.63, 3.8) is 0 Å². The first kappa shape index (κ1) is 16.2. The SMILES string of the molecule is C=CCCC1COC(c2ccc(-c3ccc(Cl)cc3)nc2)OC1. The summed E-state index contributed by atoms with van der Waals surface area (Å²) in [6.07, 6.45) is 5.50. The van der Waals surface area contributed by atoms with Crippen molar-refractivity contribution in [3.05, 3.63) is 65.8 Å². The molecule has 1 fully saturated rings. The zero-order valence-corrected chi connectivity index (χ0v) is 13.7. The quantitative estimate of drug-likeness (QED) is 0.721. The van der Waals surface area contributed by atoms with Gasteiger partial charge in [-0.15, -0.1) is 6.58 Å². The van der Waals surface area contributed by atoms with Gasteiger partial charge in [0.1, 0.15) is 0 Å². The number of hydrogen-bond acceptors (Lipinski definition) is 3. The highest BCUT2D eigenvalue weighted by atomic mass is 35.5. The number of hydrogen-bond donors (Lipinski definition) is 0. The van der Waals surface area contributed by atoms with Gasteiger partial charge in [-0.1, -0.05) is 35.9 Å². The first-order valence-corrected chi connectivity index (χ1v) is 8.20. The van der Waals surface area contributed by atoms with Crippen LogP contribution in [0.1, 0.15) is 24.7 Å². The standard InChI is InChI=1S/C19H20ClNO2/c1-2-3-4-14-12-22-19(23-13-14)16-7-10-18(21-11-16)15-5-8-17(20)9-6-15/h2,5-11,14,19H,1,3-4,12-13H2. The Morgan fingerprint density at radius 1 is 1.13 bits per heavy atom. The average molecular weight is 330 g/mol. The molecule has 23 heavy (non-hydrogen) atoms. The van der Waals surface area contributed by atoms with Gasteiger partial charge in [-0.05, 0) is 31.0 Å². The molecule has 0 saturated carbocycles. The van der Waals surface area contributed by atoms with E-state index in [9.17, 15) is 0 Å². The third-order valence-electron chi connectivity index (χ3n) is 3.94. The minimum atomic E-state index is -0.318. The van der Waals surface area contributed by atoms with Crippen molar-refractivity contribution in [2.45, 2.75) is 19.1 Å². The van der Waals surface area contributed by atoms with Gasteiger partial charge in [0, 0.05) is 28.3 Å². The molecule has 1 aromatic carbocycles. The second kappa shape index (κ2) is 7.73. The van der Waals surface area contributed by atoms with Crippen LogP contribution in [0.5, 0.6) is 0 Å². The number of nitrogens with zero attached hydrogens (tertiary/aromatic N) is 1. The second-order valence-electron chi connectivity index (χ2n) is 5.71. The van der Waals surface area contributed by atoms with Crippen molar-refractivity contribution in [2.75, 3.05) is 13.2 Å². The fourth-order valence-electron chi connectivity index (χ4n) is 2.59. The van der Waals surface area contributed by atoms with Crippen molar-refractivity contribution < 1.29 is 9.47 Å². The van der Waals surface area contributed by atoms with Crippen LogP contribution in [0.2, 0.25) is 5.02 Å². The molecule has 120 valence electrons. The fraction of sp³-hybridized carbons (Fsp3) is 0.316. The van der Waals surface area contributed by atoms with Gasteiger partial charge < -0.3 is 9.47 Å². The summed E-state index contributed by atoms with van der Waals surface area (Å²) < 4.78 is 11.6. The molecule has 0 N–H and O–H groups in total.